The number of nitrogens with two attached hydrogens (primary N) is 1. The van der Waals surface area contributed by atoms with E-state index in [-0.39, 0.29) is 11.8 Å². The van der Waals surface area contributed by atoms with E-state index in [0.29, 0.717) is 17.8 Å². The minimum Gasteiger partial charge on any atom is -0.383 e. The summed E-state index contributed by atoms with van der Waals surface area (Å²) in [7, 11) is 4.17. The van der Waals surface area contributed by atoms with Gasteiger partial charge in [0.1, 0.15) is 5.82 Å². The van der Waals surface area contributed by atoms with Gasteiger partial charge in [-0.1, -0.05) is 0 Å². The van der Waals surface area contributed by atoms with E-state index in [1.54, 1.807) is 6.20 Å². The zero-order valence-electron chi connectivity index (χ0n) is 11.9. The van der Waals surface area contributed by atoms with Crippen LogP contribution in [0.5, 0.6) is 0 Å². The average molecular weight is 262 g/mol. The molecule has 19 heavy (non-hydrogen) atoms. The lowest BCUT2D eigenvalue weighted by molar-refractivity contribution is 0.0810. The number of hydrogen-bond donors (Lipinski definition) is 1. The number of nitrogens with zero attached hydrogens (tertiary/aromatic N) is 3. The van der Waals surface area contributed by atoms with Crippen LogP contribution in [0.3, 0.4) is 0 Å². The van der Waals surface area contributed by atoms with Crippen molar-refractivity contribution in [3.63, 3.8) is 0 Å². The second kappa shape index (κ2) is 5.67. The first kappa shape index (κ1) is 14.0. The number of piperazine rings is 1. The van der Waals surface area contributed by atoms with Crippen molar-refractivity contribution in [3.05, 3.63) is 23.4 Å². The van der Waals surface area contributed by atoms with Crippen LogP contribution < -0.4 is 5.73 Å². The van der Waals surface area contributed by atoms with Gasteiger partial charge in [-0.25, -0.2) is 4.98 Å². The zero-order chi connectivity index (χ0) is 14.0. The molecule has 1 aromatic rings. The third kappa shape index (κ3) is 3.11. The largest absolute Gasteiger partial charge is 0.383 e. The number of Topliss-reactive ketones (excluding diaryl/α,β-unsaturated/α-hetero) is 1. The molecular weight excluding hydrogens is 240 g/mol. The maximum Gasteiger partial charge on any atom is 0.168 e. The van der Waals surface area contributed by atoms with E-state index in [1.807, 2.05) is 13.0 Å². The second-order valence-electron chi connectivity index (χ2n) is 5.41. The molecule has 2 N–H and O–H groups in total. The summed E-state index contributed by atoms with van der Waals surface area (Å²) < 4.78 is 0. The molecule has 2 heterocycles. The Morgan fingerprint density at radius 2 is 2.21 bits per heavy atom. The molecule has 0 spiro atoms. The maximum atomic E-state index is 12.4. The van der Waals surface area contributed by atoms with Crippen LogP contribution in [0.25, 0.3) is 0 Å². The minimum absolute atomic E-state index is 0.0928. The van der Waals surface area contributed by atoms with E-state index >= 15 is 0 Å². The van der Waals surface area contributed by atoms with Gasteiger partial charge in [-0.3, -0.25) is 4.79 Å². The standard InChI is InChI=1S/C14H22N4O/c1-10-4-5-16-14(15)13(10)12(19)8-11-9-17(2)6-7-18(11)3/h4-5,11H,6-9H2,1-3H3,(H2,15,16). The van der Waals surface area contributed by atoms with Gasteiger partial charge in [0, 0.05) is 38.3 Å². The number of carbonyl (C=O) groups is 1. The highest BCUT2D eigenvalue weighted by Gasteiger charge is 2.26. The van der Waals surface area contributed by atoms with Crippen molar-refractivity contribution in [1.29, 1.82) is 0 Å². The minimum atomic E-state index is 0.0928. The molecule has 1 unspecified atom stereocenters. The van der Waals surface area contributed by atoms with E-state index in [4.69, 9.17) is 5.73 Å². The normalized spacial score (nSPS) is 21.5. The number of anilines is 1. The van der Waals surface area contributed by atoms with Gasteiger partial charge >= 0.3 is 0 Å². The SMILES string of the molecule is Cc1ccnc(N)c1C(=O)CC1CN(C)CCN1C. The highest BCUT2D eigenvalue weighted by Crippen LogP contribution is 2.19. The van der Waals surface area contributed by atoms with Crippen LogP contribution in [-0.4, -0.2) is 60.3 Å². The fraction of sp³-hybridized carbons (Fsp3) is 0.571. The molecule has 1 aliphatic heterocycles. The highest BCUT2D eigenvalue weighted by atomic mass is 16.1. The van der Waals surface area contributed by atoms with Crippen LogP contribution in [0.2, 0.25) is 0 Å². The lowest BCUT2D eigenvalue weighted by Gasteiger charge is -2.37. The van der Waals surface area contributed by atoms with E-state index in [0.717, 1.165) is 25.2 Å². The molecule has 1 saturated heterocycles. The highest BCUT2D eigenvalue weighted by molar-refractivity contribution is 6.01. The van der Waals surface area contributed by atoms with Gasteiger partial charge in [0.15, 0.2) is 5.78 Å². The van der Waals surface area contributed by atoms with Gasteiger partial charge in [-0.15, -0.1) is 0 Å². The smallest absolute Gasteiger partial charge is 0.168 e. The van der Waals surface area contributed by atoms with Crippen molar-refractivity contribution in [2.45, 2.75) is 19.4 Å². The first-order valence-electron chi connectivity index (χ1n) is 6.62. The molecule has 2 rings (SSSR count). The van der Waals surface area contributed by atoms with Crippen molar-refractivity contribution >= 4 is 11.6 Å². The quantitative estimate of drug-likeness (QED) is 0.816. The number of nitrogen functional groups attached to an aromatic ring is 1. The Morgan fingerprint density at radius 1 is 1.47 bits per heavy atom. The first-order valence-corrected chi connectivity index (χ1v) is 6.62. The zero-order valence-corrected chi connectivity index (χ0v) is 11.9. The maximum absolute atomic E-state index is 12.4. The third-order valence-corrected chi connectivity index (χ3v) is 3.87. The Bertz CT molecular complexity index is 454. The van der Waals surface area contributed by atoms with Crippen molar-refractivity contribution in [2.75, 3.05) is 39.5 Å². The van der Waals surface area contributed by atoms with Crippen LogP contribution in [-0.2, 0) is 0 Å². The van der Waals surface area contributed by atoms with Gasteiger partial charge in [-0.2, -0.15) is 0 Å². The molecule has 5 nitrogen and oxygen atoms in total. The third-order valence-electron chi connectivity index (χ3n) is 3.87. The van der Waals surface area contributed by atoms with Crippen LogP contribution in [0.4, 0.5) is 5.82 Å². The van der Waals surface area contributed by atoms with Gasteiger partial charge in [-0.05, 0) is 32.6 Å². The lowest BCUT2D eigenvalue weighted by Crippen LogP contribution is -2.50. The molecule has 1 atom stereocenters. The van der Waals surface area contributed by atoms with Gasteiger partial charge in [0.05, 0.1) is 5.56 Å². The lowest BCUT2D eigenvalue weighted by atomic mass is 9.98. The van der Waals surface area contributed by atoms with E-state index < -0.39 is 0 Å². The molecule has 0 saturated carbocycles. The molecule has 1 aromatic heterocycles. The summed E-state index contributed by atoms with van der Waals surface area (Å²) in [5.41, 5.74) is 7.33. The number of aryl methyl sites for hydroxylation is 1. The van der Waals surface area contributed by atoms with Gasteiger partial charge < -0.3 is 15.5 Å². The van der Waals surface area contributed by atoms with E-state index in [2.05, 4.69) is 28.9 Å². The summed E-state index contributed by atoms with van der Waals surface area (Å²) in [4.78, 5) is 21.0. The summed E-state index contributed by atoms with van der Waals surface area (Å²) in [5.74, 6) is 0.437. The Morgan fingerprint density at radius 3 is 2.89 bits per heavy atom. The van der Waals surface area contributed by atoms with Crippen LogP contribution in [0.15, 0.2) is 12.3 Å². The molecule has 0 aliphatic carbocycles. The van der Waals surface area contributed by atoms with Crippen LogP contribution in [0.1, 0.15) is 22.3 Å². The first-order chi connectivity index (χ1) is 8.99. The number of aromatic nitrogens is 1. The monoisotopic (exact) mass is 262 g/mol. The Labute approximate surface area is 114 Å². The molecular formula is C14H22N4O. The van der Waals surface area contributed by atoms with E-state index in [1.165, 1.54) is 0 Å². The van der Waals surface area contributed by atoms with Crippen molar-refractivity contribution in [3.8, 4) is 0 Å². The second-order valence-corrected chi connectivity index (χ2v) is 5.41. The number of rotatable bonds is 3. The van der Waals surface area contributed by atoms with Gasteiger partial charge in [0.25, 0.3) is 0 Å². The molecule has 0 bridgehead atoms. The van der Waals surface area contributed by atoms with Crippen molar-refractivity contribution in [2.24, 2.45) is 0 Å². The fourth-order valence-corrected chi connectivity index (χ4v) is 2.58. The summed E-state index contributed by atoms with van der Waals surface area (Å²) >= 11 is 0. The number of likely N-dealkylation sites (N-methyl/N-ethyl adjacent to an activating group) is 2. The van der Waals surface area contributed by atoms with Crippen LogP contribution in [0, 0.1) is 6.92 Å². The number of carbonyl (C=O) groups excluding carboxylic acids is 1. The molecule has 1 aliphatic rings. The Balaban J connectivity index is 2.12. The molecule has 0 amide bonds. The summed E-state index contributed by atoms with van der Waals surface area (Å²) in [5, 5.41) is 0. The Hall–Kier alpha value is -1.46. The predicted molar refractivity (Wildman–Crippen MR) is 76.2 cm³/mol. The van der Waals surface area contributed by atoms with Crippen molar-refractivity contribution < 1.29 is 4.79 Å². The molecule has 5 heteroatoms. The average Bonchev–Trinajstić information content (AvgIpc) is 2.33. The molecule has 1 fully saturated rings. The molecule has 104 valence electrons. The Kier molecular flexibility index (Phi) is 4.17. The topological polar surface area (TPSA) is 62.5 Å². The summed E-state index contributed by atoms with van der Waals surface area (Å²) in [6, 6.07) is 2.09. The summed E-state index contributed by atoms with van der Waals surface area (Å²) in [6.45, 7) is 4.87. The van der Waals surface area contributed by atoms with Crippen LogP contribution >= 0.6 is 0 Å². The fourth-order valence-electron chi connectivity index (χ4n) is 2.58. The number of hydrogen-bond acceptors (Lipinski definition) is 5. The molecule has 0 radical (unpaired) electrons. The van der Waals surface area contributed by atoms with Crippen molar-refractivity contribution in [1.82, 2.24) is 14.8 Å². The summed E-state index contributed by atoms with van der Waals surface area (Å²) in [6.07, 6.45) is 2.14. The number of ketones is 1. The number of pyridine rings is 1. The van der Waals surface area contributed by atoms with Gasteiger partial charge in [0.2, 0.25) is 0 Å². The van der Waals surface area contributed by atoms with E-state index in [9.17, 15) is 4.79 Å². The molecule has 0 aromatic carbocycles. The predicted octanol–water partition coefficient (Wildman–Crippen LogP) is 0.791.